The van der Waals surface area contributed by atoms with Crippen LogP contribution in [0.4, 0.5) is 12.9 Å². The molecule has 1 saturated heterocycles. The Kier molecular flexibility index (Phi) is 3.07. The lowest BCUT2D eigenvalue weighted by molar-refractivity contribution is -0.127. The second kappa shape index (κ2) is 3.72. The summed E-state index contributed by atoms with van der Waals surface area (Å²) >= 11 is 0. The summed E-state index contributed by atoms with van der Waals surface area (Å²) in [6.45, 7) is 1.19. The van der Waals surface area contributed by atoms with Gasteiger partial charge in [0.1, 0.15) is 0 Å². The highest BCUT2D eigenvalue weighted by Gasteiger charge is 2.39. The van der Waals surface area contributed by atoms with Crippen molar-refractivity contribution in [1.82, 2.24) is 4.90 Å². The number of halogens is 3. The van der Waals surface area contributed by atoms with Crippen molar-refractivity contribution in [3.05, 3.63) is 0 Å². The number of hydrogen-bond donors (Lipinski definition) is 0. The molecule has 1 amide bonds. The molecule has 6 heteroatoms. The zero-order chi connectivity index (χ0) is 11.9. The highest BCUT2D eigenvalue weighted by Crippen LogP contribution is 2.34. The molecule has 2 nitrogen and oxygen atoms in total. The van der Waals surface area contributed by atoms with Crippen molar-refractivity contribution < 1.29 is 17.7 Å². The van der Waals surface area contributed by atoms with Gasteiger partial charge in [-0.25, -0.2) is 0 Å². The van der Waals surface area contributed by atoms with Crippen LogP contribution >= 0.6 is 0 Å². The van der Waals surface area contributed by atoms with Gasteiger partial charge in [0.15, 0.2) is 0 Å². The summed E-state index contributed by atoms with van der Waals surface area (Å²) in [5.74, 6) is -0.336. The van der Waals surface area contributed by atoms with Gasteiger partial charge in [0.25, 0.3) is 0 Å². The van der Waals surface area contributed by atoms with Crippen molar-refractivity contribution in [2.24, 2.45) is 11.3 Å². The zero-order valence-electron chi connectivity index (χ0n) is 9.27. The predicted molar refractivity (Wildman–Crippen MR) is 53.2 cm³/mol. The third kappa shape index (κ3) is 3.43. The van der Waals surface area contributed by atoms with Crippen LogP contribution in [0.25, 0.3) is 0 Å². The van der Waals surface area contributed by atoms with Crippen LogP contribution in [0.1, 0.15) is 27.2 Å². The molecule has 0 aromatic rings. The smallest absolute Gasteiger partial charge is 0.448 e. The molecule has 1 atom stereocenters. The maximum absolute atomic E-state index is 12.2. The van der Waals surface area contributed by atoms with Gasteiger partial charge >= 0.3 is 6.98 Å². The Morgan fingerprint density at radius 1 is 1.40 bits per heavy atom. The molecule has 0 aliphatic carbocycles. The predicted octanol–water partition coefficient (Wildman–Crippen LogP) is 2.27. The van der Waals surface area contributed by atoms with E-state index in [2.05, 4.69) is 0 Å². The fraction of sp³-hybridized carbons (Fsp3) is 0.889. The summed E-state index contributed by atoms with van der Waals surface area (Å²) in [5, 5.41) is 0. The second-order valence-electron chi connectivity index (χ2n) is 5.28. The van der Waals surface area contributed by atoms with E-state index in [1.807, 2.05) is 20.8 Å². The third-order valence-electron chi connectivity index (χ3n) is 2.87. The summed E-state index contributed by atoms with van der Waals surface area (Å²) in [6.07, 6.45) is -0.804. The average Bonchev–Trinajstić information content (AvgIpc) is 2.27. The number of carbonyl (C=O) groups is 1. The minimum atomic E-state index is -4.90. The van der Waals surface area contributed by atoms with Crippen LogP contribution in [0.15, 0.2) is 0 Å². The minimum Gasteiger partial charge on any atom is -0.448 e. The Labute approximate surface area is 87.9 Å². The SMILES string of the molecule is CC(C)(C)C1CC(=O)N(C[B-](F)(F)F)C1. The minimum absolute atomic E-state index is 0.0307. The van der Waals surface area contributed by atoms with E-state index in [4.69, 9.17) is 0 Å². The summed E-state index contributed by atoms with van der Waals surface area (Å²) < 4.78 is 36.5. The normalized spacial score (nSPS) is 23.7. The van der Waals surface area contributed by atoms with Gasteiger partial charge in [0.05, 0.1) is 0 Å². The van der Waals surface area contributed by atoms with Gasteiger partial charge in [-0.1, -0.05) is 20.8 Å². The first kappa shape index (κ1) is 12.4. The first-order valence-electron chi connectivity index (χ1n) is 5.08. The number of hydrogen-bond acceptors (Lipinski definition) is 1. The van der Waals surface area contributed by atoms with E-state index in [9.17, 15) is 17.7 Å². The van der Waals surface area contributed by atoms with Crippen molar-refractivity contribution in [1.29, 1.82) is 0 Å². The highest BCUT2D eigenvalue weighted by atomic mass is 19.4. The van der Waals surface area contributed by atoms with Gasteiger partial charge in [-0.15, -0.1) is 0 Å². The monoisotopic (exact) mass is 222 g/mol. The molecule has 0 N–H and O–H groups in total. The van der Waals surface area contributed by atoms with E-state index in [0.717, 1.165) is 4.90 Å². The molecular weight excluding hydrogens is 206 g/mol. The first-order valence-corrected chi connectivity index (χ1v) is 5.08. The molecular formula is C9H16BF3NO-. The Bertz CT molecular complexity index is 259. The molecule has 1 rings (SSSR count). The van der Waals surface area contributed by atoms with E-state index in [1.165, 1.54) is 0 Å². The first-order chi connectivity index (χ1) is 6.59. The summed E-state index contributed by atoms with van der Waals surface area (Å²) in [5.41, 5.74) is -0.108. The molecule has 1 aliphatic rings. The van der Waals surface area contributed by atoms with E-state index < -0.39 is 13.4 Å². The topological polar surface area (TPSA) is 20.3 Å². The van der Waals surface area contributed by atoms with Crippen molar-refractivity contribution in [2.45, 2.75) is 27.2 Å². The molecule has 1 unspecified atom stereocenters. The van der Waals surface area contributed by atoms with Crippen LogP contribution in [0, 0.1) is 11.3 Å². The number of amides is 1. The lowest BCUT2D eigenvalue weighted by atomic mass is 9.80. The Morgan fingerprint density at radius 3 is 2.27 bits per heavy atom. The molecule has 0 spiro atoms. The Morgan fingerprint density at radius 2 is 1.93 bits per heavy atom. The molecule has 1 heterocycles. The van der Waals surface area contributed by atoms with Crippen LogP contribution in [-0.4, -0.2) is 30.8 Å². The van der Waals surface area contributed by atoms with Crippen LogP contribution < -0.4 is 0 Å². The summed E-state index contributed by atoms with van der Waals surface area (Å²) in [6, 6.07) is 0. The zero-order valence-corrected chi connectivity index (χ0v) is 9.27. The largest absolute Gasteiger partial charge is 0.497 e. The van der Waals surface area contributed by atoms with Crippen LogP contribution in [0.3, 0.4) is 0 Å². The maximum atomic E-state index is 12.2. The fourth-order valence-corrected chi connectivity index (χ4v) is 1.78. The van der Waals surface area contributed by atoms with Crippen molar-refractivity contribution >= 4 is 12.9 Å². The standard InChI is InChI=1S/C9H16BF3NO/c1-9(2,3)7-4-8(15)14(5-7)6-10(11,12)13/h7H,4-6H2,1-3H3/q-1. The van der Waals surface area contributed by atoms with E-state index >= 15 is 0 Å². The molecule has 0 aromatic carbocycles. The van der Waals surface area contributed by atoms with Gasteiger partial charge in [0.2, 0.25) is 5.91 Å². The van der Waals surface area contributed by atoms with Gasteiger partial charge in [-0.05, 0) is 17.8 Å². The Hall–Kier alpha value is -0.675. The molecule has 1 fully saturated rings. The quantitative estimate of drug-likeness (QED) is 0.656. The van der Waals surface area contributed by atoms with E-state index in [0.29, 0.717) is 0 Å². The third-order valence-corrected chi connectivity index (χ3v) is 2.87. The number of carbonyl (C=O) groups excluding carboxylic acids is 1. The number of rotatable bonds is 2. The number of nitrogens with zero attached hydrogens (tertiary/aromatic N) is 1. The lowest BCUT2D eigenvalue weighted by Gasteiger charge is -2.28. The maximum Gasteiger partial charge on any atom is 0.497 e. The van der Waals surface area contributed by atoms with E-state index in [-0.39, 0.29) is 30.2 Å². The van der Waals surface area contributed by atoms with Crippen LogP contribution in [0.2, 0.25) is 0 Å². The lowest BCUT2D eigenvalue weighted by Crippen LogP contribution is -2.39. The van der Waals surface area contributed by atoms with Gasteiger partial charge < -0.3 is 17.8 Å². The molecule has 0 bridgehead atoms. The number of likely N-dealkylation sites (tertiary alicyclic amines) is 1. The molecule has 0 radical (unpaired) electrons. The van der Waals surface area contributed by atoms with Crippen LogP contribution in [-0.2, 0) is 4.79 Å². The summed E-state index contributed by atoms with van der Waals surface area (Å²) in [4.78, 5) is 12.3. The van der Waals surface area contributed by atoms with Crippen molar-refractivity contribution in [2.75, 3.05) is 13.0 Å². The molecule has 88 valence electrons. The van der Waals surface area contributed by atoms with Crippen LogP contribution in [0.5, 0.6) is 0 Å². The van der Waals surface area contributed by atoms with Gasteiger partial charge in [-0.2, -0.15) is 0 Å². The molecule has 0 saturated carbocycles. The highest BCUT2D eigenvalue weighted by molar-refractivity contribution is 6.58. The molecule has 0 aromatic heterocycles. The summed E-state index contributed by atoms with van der Waals surface area (Å²) in [7, 11) is 0. The van der Waals surface area contributed by atoms with E-state index in [1.54, 1.807) is 0 Å². The fourth-order valence-electron chi connectivity index (χ4n) is 1.78. The average molecular weight is 222 g/mol. The van der Waals surface area contributed by atoms with Gasteiger partial charge in [0, 0.05) is 13.0 Å². The Balaban J connectivity index is 2.62. The second-order valence-corrected chi connectivity index (χ2v) is 5.28. The molecule has 15 heavy (non-hydrogen) atoms. The van der Waals surface area contributed by atoms with Crippen molar-refractivity contribution in [3.63, 3.8) is 0 Å². The van der Waals surface area contributed by atoms with Crippen molar-refractivity contribution in [3.8, 4) is 0 Å². The van der Waals surface area contributed by atoms with Gasteiger partial charge in [-0.3, -0.25) is 4.79 Å². The molecule has 1 aliphatic heterocycles.